The molecular formula is C13H20N4S. The zero-order chi connectivity index (χ0) is 13.3. The summed E-state index contributed by atoms with van der Waals surface area (Å²) in [6.07, 6.45) is 3.96. The second kappa shape index (κ2) is 4.72. The van der Waals surface area contributed by atoms with Gasteiger partial charge in [-0.05, 0) is 6.92 Å². The Kier molecular flexibility index (Phi) is 3.43. The van der Waals surface area contributed by atoms with E-state index in [4.69, 9.17) is 0 Å². The Morgan fingerprint density at radius 1 is 1.39 bits per heavy atom. The van der Waals surface area contributed by atoms with Crippen LogP contribution in [-0.4, -0.2) is 14.8 Å². The van der Waals surface area contributed by atoms with Gasteiger partial charge in [0.05, 0.1) is 22.9 Å². The highest BCUT2D eigenvalue weighted by Crippen LogP contribution is 2.27. The number of aryl methyl sites for hydroxylation is 2. The fraction of sp³-hybridized carbons (Fsp3) is 0.538. The van der Waals surface area contributed by atoms with Crippen molar-refractivity contribution in [3.63, 3.8) is 0 Å². The van der Waals surface area contributed by atoms with E-state index in [-0.39, 0.29) is 5.41 Å². The molecule has 0 saturated heterocycles. The third-order valence-corrected chi connectivity index (χ3v) is 4.08. The SMILES string of the molecule is Cc1nn(C)cc1NCc1cnc(C(C)(C)C)s1. The van der Waals surface area contributed by atoms with Crippen molar-refractivity contribution in [1.29, 1.82) is 0 Å². The van der Waals surface area contributed by atoms with E-state index < -0.39 is 0 Å². The number of nitrogens with one attached hydrogen (secondary N) is 1. The van der Waals surface area contributed by atoms with Gasteiger partial charge in [0.25, 0.3) is 0 Å². The Balaban J connectivity index is 2.03. The van der Waals surface area contributed by atoms with Gasteiger partial charge in [0.2, 0.25) is 0 Å². The molecule has 0 aromatic carbocycles. The molecule has 0 amide bonds. The number of anilines is 1. The highest BCUT2D eigenvalue weighted by molar-refractivity contribution is 7.11. The minimum absolute atomic E-state index is 0.132. The lowest BCUT2D eigenvalue weighted by atomic mass is 9.98. The zero-order valence-corrected chi connectivity index (χ0v) is 12.4. The van der Waals surface area contributed by atoms with Gasteiger partial charge in [-0.15, -0.1) is 11.3 Å². The van der Waals surface area contributed by atoms with E-state index in [9.17, 15) is 0 Å². The molecule has 0 atom stereocenters. The molecule has 0 aliphatic carbocycles. The topological polar surface area (TPSA) is 42.7 Å². The molecule has 0 bridgehead atoms. The number of nitrogens with zero attached hydrogens (tertiary/aromatic N) is 3. The summed E-state index contributed by atoms with van der Waals surface area (Å²) in [6, 6.07) is 0. The summed E-state index contributed by atoms with van der Waals surface area (Å²) in [4.78, 5) is 5.74. The summed E-state index contributed by atoms with van der Waals surface area (Å²) in [5, 5.41) is 8.89. The van der Waals surface area contributed by atoms with E-state index in [0.29, 0.717) is 0 Å². The van der Waals surface area contributed by atoms with Crippen LogP contribution in [0.15, 0.2) is 12.4 Å². The quantitative estimate of drug-likeness (QED) is 0.926. The van der Waals surface area contributed by atoms with E-state index in [2.05, 4.69) is 36.2 Å². The first kappa shape index (κ1) is 13.1. The van der Waals surface area contributed by atoms with Crippen molar-refractivity contribution in [2.75, 3.05) is 5.32 Å². The maximum atomic E-state index is 4.49. The summed E-state index contributed by atoms with van der Waals surface area (Å²) < 4.78 is 1.82. The lowest BCUT2D eigenvalue weighted by Crippen LogP contribution is -2.09. The first-order valence-electron chi connectivity index (χ1n) is 6.05. The first-order chi connectivity index (χ1) is 8.36. The molecule has 98 valence electrons. The second-order valence-corrected chi connectivity index (χ2v) is 6.65. The molecule has 0 aliphatic heterocycles. The van der Waals surface area contributed by atoms with E-state index in [1.165, 1.54) is 9.88 Å². The lowest BCUT2D eigenvalue weighted by Gasteiger charge is -2.13. The second-order valence-electron chi connectivity index (χ2n) is 5.54. The number of aromatic nitrogens is 3. The van der Waals surface area contributed by atoms with Crippen molar-refractivity contribution in [3.8, 4) is 0 Å². The standard InChI is InChI=1S/C13H20N4S/c1-9-11(8-17(5)16-9)14-6-10-7-15-12(18-10)13(2,3)4/h7-8,14H,6H2,1-5H3. The van der Waals surface area contributed by atoms with Crippen LogP contribution in [0.4, 0.5) is 5.69 Å². The smallest absolute Gasteiger partial charge is 0.0981 e. The van der Waals surface area contributed by atoms with Gasteiger partial charge in [-0.2, -0.15) is 5.10 Å². The summed E-state index contributed by atoms with van der Waals surface area (Å²) in [7, 11) is 1.93. The van der Waals surface area contributed by atoms with Gasteiger partial charge in [0, 0.05) is 29.7 Å². The number of thiazole rings is 1. The van der Waals surface area contributed by atoms with Gasteiger partial charge in [-0.3, -0.25) is 4.68 Å². The van der Waals surface area contributed by atoms with Crippen LogP contribution >= 0.6 is 11.3 Å². The first-order valence-corrected chi connectivity index (χ1v) is 6.87. The van der Waals surface area contributed by atoms with Crippen LogP contribution in [0.25, 0.3) is 0 Å². The van der Waals surface area contributed by atoms with Crippen molar-refractivity contribution in [1.82, 2.24) is 14.8 Å². The minimum Gasteiger partial charge on any atom is -0.377 e. The lowest BCUT2D eigenvalue weighted by molar-refractivity contribution is 0.585. The van der Waals surface area contributed by atoms with Crippen molar-refractivity contribution < 1.29 is 0 Å². The van der Waals surface area contributed by atoms with Crippen LogP contribution < -0.4 is 5.32 Å². The van der Waals surface area contributed by atoms with Gasteiger partial charge in [-0.1, -0.05) is 20.8 Å². The van der Waals surface area contributed by atoms with Gasteiger partial charge in [0.1, 0.15) is 0 Å². The molecule has 1 N–H and O–H groups in total. The maximum Gasteiger partial charge on any atom is 0.0981 e. The third-order valence-electron chi connectivity index (χ3n) is 2.66. The summed E-state index contributed by atoms with van der Waals surface area (Å²) in [5.41, 5.74) is 2.24. The summed E-state index contributed by atoms with van der Waals surface area (Å²) >= 11 is 1.77. The van der Waals surface area contributed by atoms with Gasteiger partial charge in [0.15, 0.2) is 0 Å². The molecule has 0 fully saturated rings. The molecule has 2 rings (SSSR count). The maximum absolute atomic E-state index is 4.49. The predicted octanol–water partition coefficient (Wildman–Crippen LogP) is 3.09. The molecule has 4 nitrogen and oxygen atoms in total. The normalized spacial score (nSPS) is 11.8. The van der Waals surface area contributed by atoms with E-state index in [1.54, 1.807) is 11.3 Å². The summed E-state index contributed by atoms with van der Waals surface area (Å²) in [5.74, 6) is 0. The fourth-order valence-corrected chi connectivity index (χ4v) is 2.60. The molecule has 0 unspecified atom stereocenters. The highest BCUT2D eigenvalue weighted by Gasteiger charge is 2.17. The Morgan fingerprint density at radius 2 is 2.11 bits per heavy atom. The van der Waals surface area contributed by atoms with Crippen molar-refractivity contribution in [2.24, 2.45) is 7.05 Å². The molecule has 2 aromatic rings. The average molecular weight is 264 g/mol. The molecule has 0 spiro atoms. The van der Waals surface area contributed by atoms with Crippen LogP contribution in [0.2, 0.25) is 0 Å². The van der Waals surface area contributed by atoms with E-state index >= 15 is 0 Å². The molecule has 2 aromatic heterocycles. The van der Waals surface area contributed by atoms with E-state index in [0.717, 1.165) is 17.9 Å². The van der Waals surface area contributed by atoms with Crippen LogP contribution in [0.1, 0.15) is 36.3 Å². The molecular weight excluding hydrogens is 244 g/mol. The molecule has 0 radical (unpaired) electrons. The average Bonchev–Trinajstić information content (AvgIpc) is 2.81. The Morgan fingerprint density at radius 3 is 2.61 bits per heavy atom. The highest BCUT2D eigenvalue weighted by atomic mass is 32.1. The largest absolute Gasteiger partial charge is 0.377 e. The minimum atomic E-state index is 0.132. The Hall–Kier alpha value is -1.36. The molecule has 0 aliphatic rings. The van der Waals surface area contributed by atoms with Gasteiger partial charge < -0.3 is 5.32 Å². The summed E-state index contributed by atoms with van der Waals surface area (Å²) in [6.45, 7) is 9.38. The Labute approximate surface area is 112 Å². The molecule has 2 heterocycles. The monoisotopic (exact) mass is 264 g/mol. The van der Waals surface area contributed by atoms with Gasteiger partial charge >= 0.3 is 0 Å². The number of hydrogen-bond donors (Lipinski definition) is 1. The van der Waals surface area contributed by atoms with Crippen LogP contribution in [0, 0.1) is 6.92 Å². The zero-order valence-electron chi connectivity index (χ0n) is 11.6. The van der Waals surface area contributed by atoms with Gasteiger partial charge in [-0.25, -0.2) is 4.98 Å². The Bertz CT molecular complexity index is 533. The third kappa shape index (κ3) is 2.90. The van der Waals surface area contributed by atoms with Crippen LogP contribution in [-0.2, 0) is 19.0 Å². The molecule has 5 heteroatoms. The fourth-order valence-electron chi connectivity index (χ4n) is 1.69. The van der Waals surface area contributed by atoms with Crippen LogP contribution in [0.3, 0.4) is 0 Å². The van der Waals surface area contributed by atoms with E-state index in [1.807, 2.05) is 31.0 Å². The van der Waals surface area contributed by atoms with Crippen molar-refractivity contribution >= 4 is 17.0 Å². The predicted molar refractivity (Wildman–Crippen MR) is 76.1 cm³/mol. The number of hydrogen-bond acceptors (Lipinski definition) is 4. The van der Waals surface area contributed by atoms with Crippen molar-refractivity contribution in [2.45, 2.75) is 39.7 Å². The number of rotatable bonds is 3. The van der Waals surface area contributed by atoms with Crippen LogP contribution in [0.5, 0.6) is 0 Å². The molecule has 0 saturated carbocycles. The van der Waals surface area contributed by atoms with Crippen molar-refractivity contribution in [3.05, 3.63) is 28.0 Å². The molecule has 18 heavy (non-hydrogen) atoms.